The van der Waals surface area contributed by atoms with Crippen LogP contribution in [0.1, 0.15) is 113 Å². The lowest BCUT2D eigenvalue weighted by Crippen LogP contribution is -2.62. The second-order valence-electron chi connectivity index (χ2n) is 14.0. The van der Waals surface area contributed by atoms with E-state index in [1.165, 1.54) is 56.9 Å². The van der Waals surface area contributed by atoms with Crippen molar-refractivity contribution in [2.24, 2.45) is 44.8 Å². The predicted molar refractivity (Wildman–Crippen MR) is 133 cm³/mol. The molecule has 4 aliphatic carbocycles. The zero-order valence-corrected chi connectivity index (χ0v) is 21.9. The summed E-state index contributed by atoms with van der Waals surface area (Å²) in [6.45, 7) is 21.6. The summed E-state index contributed by atoms with van der Waals surface area (Å²) < 4.78 is 0. The van der Waals surface area contributed by atoms with Gasteiger partial charge in [-0.3, -0.25) is 4.79 Å². The standard InChI is InChI=1S/C30H48O2/c1-20(2)21-11-14-30(8)24(28(21,6)13-12-25(31)32)10-9-22-23-19-26(3,4)15-16-27(23,5)17-18-29(22,30)7/h19,21-22,24H,1,9-18H2,2-8H3,(H,31,32)/t21?,22-,24-,27-,28+,29-,30-/m1/s1. The first kappa shape index (κ1) is 24.1. The average molecular weight is 441 g/mol. The highest BCUT2D eigenvalue weighted by Gasteiger charge is 2.66. The smallest absolute Gasteiger partial charge is 0.303 e. The van der Waals surface area contributed by atoms with Crippen molar-refractivity contribution in [3.05, 3.63) is 23.8 Å². The van der Waals surface area contributed by atoms with Gasteiger partial charge in [-0.25, -0.2) is 0 Å². The van der Waals surface area contributed by atoms with Crippen LogP contribution in [0.4, 0.5) is 0 Å². The van der Waals surface area contributed by atoms with Crippen molar-refractivity contribution in [3.63, 3.8) is 0 Å². The van der Waals surface area contributed by atoms with Crippen LogP contribution in [0.3, 0.4) is 0 Å². The summed E-state index contributed by atoms with van der Waals surface area (Å²) in [5, 5.41) is 9.56. The molecule has 0 aromatic carbocycles. The van der Waals surface area contributed by atoms with Crippen LogP contribution in [-0.2, 0) is 4.79 Å². The van der Waals surface area contributed by atoms with Crippen LogP contribution in [0.5, 0.6) is 0 Å². The number of carboxylic acid groups (broad SMARTS) is 1. The first-order valence-electron chi connectivity index (χ1n) is 13.3. The normalized spacial score (nSPS) is 47.5. The average Bonchev–Trinajstić information content (AvgIpc) is 2.68. The van der Waals surface area contributed by atoms with Crippen molar-refractivity contribution in [1.82, 2.24) is 0 Å². The van der Waals surface area contributed by atoms with E-state index in [-0.39, 0.29) is 17.3 Å². The molecule has 0 aromatic rings. The van der Waals surface area contributed by atoms with E-state index in [0.717, 1.165) is 6.42 Å². The van der Waals surface area contributed by atoms with Gasteiger partial charge >= 0.3 is 5.97 Å². The lowest BCUT2D eigenvalue weighted by Gasteiger charge is -2.70. The number of fused-ring (bicyclic) bond motifs is 5. The molecule has 1 unspecified atom stereocenters. The molecule has 3 saturated carbocycles. The summed E-state index contributed by atoms with van der Waals surface area (Å²) in [6, 6.07) is 0. The van der Waals surface area contributed by atoms with Gasteiger partial charge in [0, 0.05) is 6.42 Å². The lowest BCUT2D eigenvalue weighted by atomic mass is 9.34. The number of hydrogen-bond acceptors (Lipinski definition) is 1. The fourth-order valence-electron chi connectivity index (χ4n) is 9.53. The van der Waals surface area contributed by atoms with E-state index in [9.17, 15) is 9.90 Å². The predicted octanol–water partition coefficient (Wildman–Crippen LogP) is 8.43. The molecule has 0 amide bonds. The Bertz CT molecular complexity index is 836. The van der Waals surface area contributed by atoms with Crippen molar-refractivity contribution < 1.29 is 9.90 Å². The van der Waals surface area contributed by atoms with Crippen LogP contribution >= 0.6 is 0 Å². The molecule has 0 bridgehead atoms. The third-order valence-electron chi connectivity index (χ3n) is 11.7. The second kappa shape index (κ2) is 7.47. The van der Waals surface area contributed by atoms with Gasteiger partial charge in [0.05, 0.1) is 0 Å². The quantitative estimate of drug-likeness (QED) is 0.445. The van der Waals surface area contributed by atoms with Gasteiger partial charge in [0.2, 0.25) is 0 Å². The van der Waals surface area contributed by atoms with Gasteiger partial charge in [-0.05, 0) is 110 Å². The summed E-state index contributed by atoms with van der Waals surface area (Å²) in [4.78, 5) is 11.6. The van der Waals surface area contributed by atoms with E-state index in [0.29, 0.717) is 34.0 Å². The Morgan fingerprint density at radius 1 is 0.969 bits per heavy atom. The van der Waals surface area contributed by atoms with Crippen LogP contribution in [0, 0.1) is 44.8 Å². The van der Waals surface area contributed by atoms with Gasteiger partial charge in [-0.15, -0.1) is 0 Å². The first-order chi connectivity index (χ1) is 14.7. The maximum atomic E-state index is 11.6. The molecule has 0 spiro atoms. The number of allylic oxidation sites excluding steroid dienone is 3. The van der Waals surface area contributed by atoms with E-state index in [1.54, 1.807) is 5.57 Å². The van der Waals surface area contributed by atoms with Gasteiger partial charge in [0.15, 0.2) is 0 Å². The minimum Gasteiger partial charge on any atom is -0.481 e. The fraction of sp³-hybridized carbons (Fsp3) is 0.833. The minimum atomic E-state index is -0.651. The molecule has 4 aliphatic rings. The topological polar surface area (TPSA) is 37.3 Å². The van der Waals surface area contributed by atoms with Crippen molar-refractivity contribution >= 4 is 5.97 Å². The molecule has 0 radical (unpaired) electrons. The highest BCUT2D eigenvalue weighted by molar-refractivity contribution is 5.66. The molecule has 2 nitrogen and oxygen atoms in total. The molecule has 0 aromatic heterocycles. The number of aliphatic carboxylic acids is 1. The molecule has 180 valence electrons. The van der Waals surface area contributed by atoms with E-state index in [2.05, 4.69) is 61.1 Å². The van der Waals surface area contributed by atoms with Crippen molar-refractivity contribution in [3.8, 4) is 0 Å². The molecule has 3 fully saturated rings. The van der Waals surface area contributed by atoms with Gasteiger partial charge in [-0.1, -0.05) is 65.3 Å². The van der Waals surface area contributed by atoms with E-state index >= 15 is 0 Å². The van der Waals surface area contributed by atoms with E-state index in [4.69, 9.17) is 0 Å². The lowest BCUT2D eigenvalue weighted by molar-refractivity contribution is -0.184. The summed E-state index contributed by atoms with van der Waals surface area (Å²) in [6.07, 6.45) is 14.0. The van der Waals surface area contributed by atoms with E-state index in [1.807, 2.05) is 0 Å². The Morgan fingerprint density at radius 2 is 1.62 bits per heavy atom. The third kappa shape index (κ3) is 3.37. The van der Waals surface area contributed by atoms with Gasteiger partial charge in [-0.2, -0.15) is 0 Å². The fourth-order valence-corrected chi connectivity index (χ4v) is 9.53. The highest BCUT2D eigenvalue weighted by atomic mass is 16.4. The van der Waals surface area contributed by atoms with Gasteiger partial charge < -0.3 is 5.11 Å². The summed E-state index contributed by atoms with van der Waals surface area (Å²) in [5.41, 5.74) is 4.37. The highest BCUT2D eigenvalue weighted by Crippen LogP contribution is 2.74. The molecular weight excluding hydrogens is 392 g/mol. The Balaban J connectivity index is 1.77. The van der Waals surface area contributed by atoms with Crippen LogP contribution < -0.4 is 0 Å². The van der Waals surface area contributed by atoms with Crippen molar-refractivity contribution in [1.29, 1.82) is 0 Å². The van der Waals surface area contributed by atoms with Crippen LogP contribution in [-0.4, -0.2) is 11.1 Å². The molecule has 4 rings (SSSR count). The Morgan fingerprint density at radius 3 is 2.25 bits per heavy atom. The maximum Gasteiger partial charge on any atom is 0.303 e. The Hall–Kier alpha value is -1.05. The minimum absolute atomic E-state index is 0.0339. The Kier molecular flexibility index (Phi) is 5.63. The summed E-state index contributed by atoms with van der Waals surface area (Å²) in [7, 11) is 0. The van der Waals surface area contributed by atoms with Crippen LogP contribution in [0.2, 0.25) is 0 Å². The SMILES string of the molecule is C=C(C)C1CC[C@]2(C)[C@H](CC[C@@H]3C4=CC(C)(C)CC[C@]4(C)CC[C@]32C)[C@@]1(C)CCC(=O)O. The van der Waals surface area contributed by atoms with Crippen LogP contribution in [0.25, 0.3) is 0 Å². The number of hydrogen-bond donors (Lipinski definition) is 1. The monoisotopic (exact) mass is 440 g/mol. The molecule has 7 atom stereocenters. The molecule has 0 heterocycles. The molecule has 1 N–H and O–H groups in total. The summed E-state index contributed by atoms with van der Waals surface area (Å²) >= 11 is 0. The Labute approximate surface area is 197 Å². The largest absolute Gasteiger partial charge is 0.481 e. The maximum absolute atomic E-state index is 11.6. The second-order valence-corrected chi connectivity index (χ2v) is 14.0. The molecule has 0 aliphatic heterocycles. The number of carboxylic acids is 1. The van der Waals surface area contributed by atoms with Crippen LogP contribution in [0.15, 0.2) is 23.8 Å². The number of carbonyl (C=O) groups is 1. The van der Waals surface area contributed by atoms with Gasteiger partial charge in [0.25, 0.3) is 0 Å². The molecule has 0 saturated heterocycles. The molecule has 2 heteroatoms. The van der Waals surface area contributed by atoms with E-state index < -0.39 is 5.97 Å². The van der Waals surface area contributed by atoms with Crippen molar-refractivity contribution in [2.45, 2.75) is 113 Å². The number of rotatable bonds is 4. The third-order valence-corrected chi connectivity index (χ3v) is 11.7. The molecular formula is C30H48O2. The summed E-state index contributed by atoms with van der Waals surface area (Å²) in [5.74, 6) is 1.06. The zero-order chi connectivity index (χ0) is 23.7. The first-order valence-corrected chi connectivity index (χ1v) is 13.3. The van der Waals surface area contributed by atoms with Gasteiger partial charge in [0.1, 0.15) is 0 Å². The van der Waals surface area contributed by atoms with Crippen molar-refractivity contribution in [2.75, 3.05) is 0 Å². The zero-order valence-electron chi connectivity index (χ0n) is 21.9. The molecule has 32 heavy (non-hydrogen) atoms.